The number of hydrogen-bond donors (Lipinski definition) is 2. The van der Waals surface area contributed by atoms with E-state index in [4.69, 9.17) is 35.2 Å². The van der Waals surface area contributed by atoms with Crippen molar-refractivity contribution in [2.24, 2.45) is 0 Å². The molecule has 0 saturated heterocycles. The van der Waals surface area contributed by atoms with Gasteiger partial charge in [-0.05, 0) is 0 Å². The van der Waals surface area contributed by atoms with Crippen LogP contribution >= 0.6 is 7.82 Å². The molecule has 0 aromatic rings. The molecule has 0 amide bonds. The summed E-state index contributed by atoms with van der Waals surface area (Å²) < 4.78 is 40.4. The van der Waals surface area contributed by atoms with Gasteiger partial charge in [0.05, 0.1) is 0 Å². The molecule has 2 N–H and O–H groups in total. The molecular formula is H2AlCrO8P. The standard InChI is InChI=1S/Al.Cr.H3O4P.2H2O.2O/c;;1-5(2,3)4;;;;/h;;(H3,1,2,3,4);2*1H2;;/q+3;+2;;;;;/p-5. The van der Waals surface area contributed by atoms with Gasteiger partial charge in [-0.15, -0.1) is 0 Å². The van der Waals surface area contributed by atoms with Crippen LogP contribution in [0.2, 0.25) is 0 Å². The first-order chi connectivity index (χ1) is 4.00. The summed E-state index contributed by atoms with van der Waals surface area (Å²) in [4.78, 5) is 25.6. The fourth-order valence-corrected chi connectivity index (χ4v) is 0. The van der Waals surface area contributed by atoms with Crippen LogP contribution in [0.15, 0.2) is 0 Å². The summed E-state index contributed by atoms with van der Waals surface area (Å²) in [6, 6.07) is 0. The Morgan fingerprint density at radius 3 is 1.09 bits per heavy atom. The normalized spacial score (nSPS) is 10.6. The van der Waals surface area contributed by atoms with E-state index in [9.17, 15) is 0 Å². The minimum absolute atomic E-state index is 0. The second-order valence-electron chi connectivity index (χ2n) is 0.895. The van der Waals surface area contributed by atoms with Crippen LogP contribution in [0.5, 0.6) is 0 Å². The van der Waals surface area contributed by atoms with Gasteiger partial charge in [-0.3, -0.25) is 0 Å². The molecule has 0 bridgehead atoms. The van der Waals surface area contributed by atoms with Gasteiger partial charge in [0, 0.05) is 0 Å². The topological polar surface area (TPSA) is 161 Å². The summed E-state index contributed by atoms with van der Waals surface area (Å²) in [5.41, 5.74) is 0. The van der Waals surface area contributed by atoms with Crippen LogP contribution in [0.4, 0.5) is 0 Å². The van der Waals surface area contributed by atoms with Crippen LogP contribution < -0.4 is 14.7 Å². The monoisotopic (exact) mass is 240 g/mol. The molecule has 0 fully saturated rings. The molecule has 0 atom stereocenters. The molecule has 0 saturated carbocycles. The zero-order chi connectivity index (χ0) is 9.00. The summed E-state index contributed by atoms with van der Waals surface area (Å²) in [7, 11) is -5.39. The fraction of sp³-hybridized carbons (Fsp3) is 0. The van der Waals surface area contributed by atoms with Gasteiger partial charge in [0.1, 0.15) is 0 Å². The Morgan fingerprint density at radius 2 is 1.09 bits per heavy atom. The number of rotatable bonds is 0. The molecule has 0 spiro atoms. The van der Waals surface area contributed by atoms with Gasteiger partial charge in [0.2, 0.25) is 0 Å². The fourth-order valence-electron chi connectivity index (χ4n) is 0. The third-order valence-electron chi connectivity index (χ3n) is 0. The molecule has 11 heavy (non-hydrogen) atoms. The van der Waals surface area contributed by atoms with E-state index in [-0.39, 0.29) is 17.4 Å². The number of phosphoric acid groups is 1. The van der Waals surface area contributed by atoms with E-state index in [1.807, 2.05) is 0 Å². The Hall–Kier alpha value is 0.695. The van der Waals surface area contributed by atoms with Crippen molar-refractivity contribution in [2.75, 3.05) is 0 Å². The van der Waals surface area contributed by atoms with Crippen LogP contribution in [-0.4, -0.2) is 25.7 Å². The Balaban J connectivity index is -0.000000107. The molecule has 8 nitrogen and oxygen atoms in total. The van der Waals surface area contributed by atoms with Gasteiger partial charge >= 0.3 is 46.9 Å². The molecular weight excluding hydrogens is 238 g/mol. The number of hydrogen-bond acceptors (Lipinski definition) is 6. The van der Waals surface area contributed by atoms with Crippen LogP contribution in [-0.2, 0) is 25.8 Å². The third kappa shape index (κ3) is 1670. The van der Waals surface area contributed by atoms with E-state index in [0.29, 0.717) is 0 Å². The summed E-state index contributed by atoms with van der Waals surface area (Å²) in [5, 5.41) is 0. The Kier molecular flexibility index (Phi) is 10.0. The molecule has 0 aliphatic heterocycles. The van der Waals surface area contributed by atoms with Crippen LogP contribution in [0.3, 0.4) is 0 Å². The minimum atomic E-state index is -5.39. The molecule has 0 aromatic carbocycles. The Morgan fingerprint density at radius 1 is 1.09 bits per heavy atom. The molecule has 0 unspecified atom stereocenters. The van der Waals surface area contributed by atoms with E-state index in [1.54, 1.807) is 0 Å². The van der Waals surface area contributed by atoms with Crippen molar-refractivity contribution in [3.8, 4) is 0 Å². The second kappa shape index (κ2) is 6.24. The average molecular weight is 240 g/mol. The van der Waals surface area contributed by atoms with Crippen LogP contribution in [0.1, 0.15) is 0 Å². The van der Waals surface area contributed by atoms with Crippen LogP contribution in [0, 0.1) is 0 Å². The van der Waals surface area contributed by atoms with Crippen molar-refractivity contribution in [3.63, 3.8) is 0 Å². The summed E-state index contributed by atoms with van der Waals surface area (Å²) in [5.74, 6) is 0. The first-order valence-corrected chi connectivity index (χ1v) is 5.07. The van der Waals surface area contributed by atoms with Crippen LogP contribution in [0.25, 0.3) is 0 Å². The van der Waals surface area contributed by atoms with Crippen molar-refractivity contribution in [1.82, 2.24) is 0 Å². The molecule has 11 heteroatoms. The van der Waals surface area contributed by atoms with Crippen molar-refractivity contribution < 1.29 is 48.8 Å². The van der Waals surface area contributed by atoms with Gasteiger partial charge < -0.3 is 19.2 Å². The molecule has 64 valence electrons. The Labute approximate surface area is 74.2 Å². The summed E-state index contributed by atoms with van der Waals surface area (Å²) in [6.07, 6.45) is 0. The molecule has 0 aliphatic carbocycles. The van der Waals surface area contributed by atoms with Gasteiger partial charge in [0.25, 0.3) is 0 Å². The second-order valence-corrected chi connectivity index (χ2v) is 3.19. The zero-order valence-corrected chi connectivity index (χ0v) is 8.10. The van der Waals surface area contributed by atoms with E-state index in [2.05, 4.69) is 0 Å². The van der Waals surface area contributed by atoms with Crippen molar-refractivity contribution in [1.29, 1.82) is 0 Å². The van der Waals surface area contributed by atoms with Crippen molar-refractivity contribution in [2.45, 2.75) is 0 Å². The molecule has 0 aromatic heterocycles. The maximum absolute atomic E-state index is 8.82. The van der Waals surface area contributed by atoms with Gasteiger partial charge in [-0.1, -0.05) is 0 Å². The van der Waals surface area contributed by atoms with E-state index in [0.717, 1.165) is 0 Å². The average Bonchev–Trinajstić information content (AvgIpc) is 1.12. The van der Waals surface area contributed by atoms with E-state index in [1.165, 1.54) is 0 Å². The molecule has 0 radical (unpaired) electrons. The van der Waals surface area contributed by atoms with E-state index >= 15 is 0 Å². The van der Waals surface area contributed by atoms with E-state index < -0.39 is 21.4 Å². The van der Waals surface area contributed by atoms with Crippen molar-refractivity contribution in [3.05, 3.63) is 0 Å². The van der Waals surface area contributed by atoms with Crippen molar-refractivity contribution >= 4 is 25.2 Å². The first kappa shape index (κ1) is 17.7. The first-order valence-electron chi connectivity index (χ1n) is 1.43. The maximum atomic E-state index is 8.82. The summed E-state index contributed by atoms with van der Waals surface area (Å²) in [6.45, 7) is 0. The van der Waals surface area contributed by atoms with Gasteiger partial charge in [-0.25, -0.2) is 0 Å². The SMILES string of the molecule is O=P([O-])([O-])[O-].[Al+3].[O]=[Cr](=[O])([OH])[OH]. The zero-order valence-electron chi connectivity index (χ0n) is 4.78. The Bertz CT molecular complexity index is 192. The van der Waals surface area contributed by atoms with Gasteiger partial charge in [-0.2, -0.15) is 7.82 Å². The molecule has 0 rings (SSSR count). The molecule has 0 heterocycles. The quantitative estimate of drug-likeness (QED) is 0.316. The predicted octanol–water partition coefficient (Wildman–Crippen LogP) is -4.56. The predicted molar refractivity (Wildman–Crippen MR) is 19.2 cm³/mol. The van der Waals surface area contributed by atoms with Gasteiger partial charge in [0.15, 0.2) is 0 Å². The molecule has 0 aliphatic rings. The third-order valence-corrected chi connectivity index (χ3v) is 0. The summed E-state index contributed by atoms with van der Waals surface area (Å²) >= 11 is -5.25.